The summed E-state index contributed by atoms with van der Waals surface area (Å²) in [5, 5.41) is 0. The lowest BCUT2D eigenvalue weighted by Gasteiger charge is -2.13. The fraction of sp³-hybridized carbons (Fsp3) is 0.533. The molecule has 2 nitrogen and oxygen atoms in total. The van der Waals surface area contributed by atoms with Gasteiger partial charge in [-0.2, -0.15) is 0 Å². The molecule has 0 aromatic heterocycles. The van der Waals surface area contributed by atoms with Crippen LogP contribution < -0.4 is 4.74 Å². The van der Waals surface area contributed by atoms with Crippen molar-refractivity contribution >= 4 is 5.78 Å². The second-order valence-corrected chi connectivity index (χ2v) is 4.50. The van der Waals surface area contributed by atoms with Gasteiger partial charge in [-0.05, 0) is 43.9 Å². The van der Waals surface area contributed by atoms with Crippen molar-refractivity contribution in [2.24, 2.45) is 0 Å². The topological polar surface area (TPSA) is 26.3 Å². The lowest BCUT2D eigenvalue weighted by molar-refractivity contribution is -0.118. The molecule has 0 fully saturated rings. The number of hydrogen-bond acceptors (Lipinski definition) is 2. The van der Waals surface area contributed by atoms with Crippen LogP contribution in [0.5, 0.6) is 5.75 Å². The second kappa shape index (κ2) is 6.43. The van der Waals surface area contributed by atoms with E-state index in [0.29, 0.717) is 25.2 Å². The minimum absolute atomic E-state index is 0.311. The summed E-state index contributed by atoms with van der Waals surface area (Å²) >= 11 is 0. The number of carbonyl (C=O) groups is 1. The zero-order chi connectivity index (χ0) is 12.8. The molecule has 0 heterocycles. The van der Waals surface area contributed by atoms with E-state index >= 15 is 0 Å². The first-order chi connectivity index (χ1) is 8.06. The van der Waals surface area contributed by atoms with Gasteiger partial charge in [0.25, 0.3) is 0 Å². The average molecular weight is 234 g/mol. The third kappa shape index (κ3) is 3.88. The largest absolute Gasteiger partial charge is 0.493 e. The van der Waals surface area contributed by atoms with Crippen molar-refractivity contribution in [3.63, 3.8) is 0 Å². The van der Waals surface area contributed by atoms with Crippen LogP contribution in [0.2, 0.25) is 0 Å². The Hall–Kier alpha value is -1.31. The van der Waals surface area contributed by atoms with E-state index < -0.39 is 0 Å². The fourth-order valence-electron chi connectivity index (χ4n) is 1.77. The maximum absolute atomic E-state index is 11.2. The minimum Gasteiger partial charge on any atom is -0.493 e. The van der Waals surface area contributed by atoms with Crippen LogP contribution in [0.3, 0.4) is 0 Å². The summed E-state index contributed by atoms with van der Waals surface area (Å²) in [7, 11) is 0. The van der Waals surface area contributed by atoms with Gasteiger partial charge in [-0.1, -0.05) is 19.1 Å². The van der Waals surface area contributed by atoms with Gasteiger partial charge in [-0.15, -0.1) is 0 Å². The Morgan fingerprint density at radius 2 is 1.82 bits per heavy atom. The van der Waals surface area contributed by atoms with E-state index in [2.05, 4.69) is 32.9 Å². The highest BCUT2D eigenvalue weighted by Crippen LogP contribution is 2.25. The van der Waals surface area contributed by atoms with E-state index in [1.165, 1.54) is 11.1 Å². The van der Waals surface area contributed by atoms with E-state index in [9.17, 15) is 4.79 Å². The van der Waals surface area contributed by atoms with Crippen molar-refractivity contribution in [3.8, 4) is 5.75 Å². The Labute approximate surface area is 104 Å². The third-order valence-electron chi connectivity index (χ3n) is 3.11. The number of ketones is 1. The highest BCUT2D eigenvalue weighted by atomic mass is 16.5. The van der Waals surface area contributed by atoms with Crippen molar-refractivity contribution in [1.29, 1.82) is 0 Å². The number of benzene rings is 1. The molecule has 1 rings (SSSR count). The van der Waals surface area contributed by atoms with Gasteiger partial charge in [0.2, 0.25) is 0 Å². The van der Waals surface area contributed by atoms with E-state index in [4.69, 9.17) is 4.74 Å². The maximum Gasteiger partial charge on any atom is 0.132 e. The lowest BCUT2D eigenvalue weighted by atomic mass is 10.1. The second-order valence-electron chi connectivity index (χ2n) is 4.50. The van der Waals surface area contributed by atoms with Crippen LogP contribution in [0.25, 0.3) is 0 Å². The minimum atomic E-state index is 0.311. The van der Waals surface area contributed by atoms with E-state index in [0.717, 1.165) is 17.7 Å². The van der Waals surface area contributed by atoms with E-state index in [1.54, 1.807) is 0 Å². The Kier molecular flexibility index (Phi) is 5.20. The molecule has 0 aliphatic carbocycles. The molecule has 1 aromatic rings. The van der Waals surface area contributed by atoms with Gasteiger partial charge in [0.05, 0.1) is 6.61 Å². The first-order valence-electron chi connectivity index (χ1n) is 6.27. The Balaban J connectivity index is 2.52. The quantitative estimate of drug-likeness (QED) is 0.701. The monoisotopic (exact) mass is 234 g/mol. The van der Waals surface area contributed by atoms with Crippen molar-refractivity contribution in [2.75, 3.05) is 6.61 Å². The van der Waals surface area contributed by atoms with Crippen molar-refractivity contribution < 1.29 is 9.53 Å². The summed E-state index contributed by atoms with van der Waals surface area (Å²) in [4.78, 5) is 11.2. The average Bonchev–Trinajstić information content (AvgIpc) is 2.32. The Bertz CT molecular complexity index is 394. The molecule has 0 saturated heterocycles. The fourth-order valence-corrected chi connectivity index (χ4v) is 1.77. The Morgan fingerprint density at radius 3 is 2.47 bits per heavy atom. The van der Waals surface area contributed by atoms with Crippen LogP contribution >= 0.6 is 0 Å². The molecule has 0 bridgehead atoms. The molecule has 1 aromatic carbocycles. The molecule has 0 saturated carbocycles. The molecule has 2 heteroatoms. The molecule has 0 atom stereocenters. The predicted molar refractivity (Wildman–Crippen MR) is 70.7 cm³/mol. The molecule has 0 amide bonds. The summed E-state index contributed by atoms with van der Waals surface area (Å²) in [6.07, 6.45) is 2.06. The van der Waals surface area contributed by atoms with Crippen LogP contribution in [0.15, 0.2) is 12.1 Å². The first-order valence-corrected chi connectivity index (χ1v) is 6.27. The smallest absolute Gasteiger partial charge is 0.132 e. The zero-order valence-corrected chi connectivity index (χ0v) is 11.3. The van der Waals surface area contributed by atoms with Crippen LogP contribution in [-0.4, -0.2) is 12.4 Å². The molecule has 0 unspecified atom stereocenters. The van der Waals surface area contributed by atoms with Crippen LogP contribution in [0, 0.1) is 20.8 Å². The van der Waals surface area contributed by atoms with Gasteiger partial charge < -0.3 is 4.74 Å². The Morgan fingerprint density at radius 1 is 1.18 bits per heavy atom. The van der Waals surface area contributed by atoms with Gasteiger partial charge >= 0.3 is 0 Å². The molecule has 94 valence electrons. The SMILES string of the molecule is CCC(=O)CCCOc1c(C)ccc(C)c1C. The summed E-state index contributed by atoms with van der Waals surface area (Å²) in [5.74, 6) is 1.29. The standard InChI is InChI=1S/C15H22O2/c1-5-14(16)7-6-10-17-15-12(3)9-8-11(2)13(15)4/h8-9H,5-7,10H2,1-4H3. The normalized spacial score (nSPS) is 10.4. The van der Waals surface area contributed by atoms with Crippen LogP contribution in [0.1, 0.15) is 42.9 Å². The molecule has 0 spiro atoms. The van der Waals surface area contributed by atoms with Gasteiger partial charge in [0.1, 0.15) is 11.5 Å². The third-order valence-corrected chi connectivity index (χ3v) is 3.11. The number of carbonyl (C=O) groups excluding carboxylic acids is 1. The number of rotatable bonds is 6. The maximum atomic E-state index is 11.2. The van der Waals surface area contributed by atoms with Crippen molar-refractivity contribution in [1.82, 2.24) is 0 Å². The number of Topliss-reactive ketones (excluding diaryl/α,β-unsaturated/α-hetero) is 1. The predicted octanol–water partition coefficient (Wildman–Crippen LogP) is 3.75. The summed E-state index contributed by atoms with van der Waals surface area (Å²) in [5.41, 5.74) is 3.61. The van der Waals surface area contributed by atoms with Gasteiger partial charge in [0.15, 0.2) is 0 Å². The number of hydrogen-bond donors (Lipinski definition) is 0. The number of ether oxygens (including phenoxy) is 1. The molecule has 0 N–H and O–H groups in total. The summed E-state index contributed by atoms with van der Waals surface area (Å²) in [6.45, 7) is 8.74. The molecular weight excluding hydrogens is 212 g/mol. The van der Waals surface area contributed by atoms with Gasteiger partial charge in [-0.3, -0.25) is 4.79 Å². The van der Waals surface area contributed by atoms with Gasteiger partial charge in [0, 0.05) is 12.8 Å². The lowest BCUT2D eigenvalue weighted by Crippen LogP contribution is -2.04. The van der Waals surface area contributed by atoms with Crippen LogP contribution in [-0.2, 0) is 4.79 Å². The summed E-state index contributed by atoms with van der Waals surface area (Å²) < 4.78 is 5.79. The first kappa shape index (κ1) is 13.8. The highest BCUT2D eigenvalue weighted by Gasteiger charge is 2.06. The van der Waals surface area contributed by atoms with Crippen molar-refractivity contribution in [3.05, 3.63) is 28.8 Å². The molecule has 17 heavy (non-hydrogen) atoms. The molecular formula is C15H22O2. The van der Waals surface area contributed by atoms with Crippen molar-refractivity contribution in [2.45, 2.75) is 47.0 Å². The molecule has 0 aliphatic heterocycles. The molecule has 0 aliphatic rings. The van der Waals surface area contributed by atoms with Gasteiger partial charge in [-0.25, -0.2) is 0 Å². The van der Waals surface area contributed by atoms with Crippen LogP contribution in [0.4, 0.5) is 0 Å². The van der Waals surface area contributed by atoms with E-state index in [1.807, 2.05) is 6.92 Å². The highest BCUT2D eigenvalue weighted by molar-refractivity contribution is 5.77. The molecule has 0 radical (unpaired) electrons. The summed E-state index contributed by atoms with van der Waals surface area (Å²) in [6, 6.07) is 4.19. The zero-order valence-electron chi connectivity index (χ0n) is 11.3. The van der Waals surface area contributed by atoms with E-state index in [-0.39, 0.29) is 0 Å². The number of aryl methyl sites for hydroxylation is 2.